The number of nitrogens with one attached hydrogen (secondary N) is 2. The van der Waals surface area contributed by atoms with Crippen molar-refractivity contribution in [1.29, 1.82) is 5.26 Å². The number of fused-ring (bicyclic) bond motifs is 1. The molecule has 2 unspecified atom stereocenters. The van der Waals surface area contributed by atoms with Crippen LogP contribution in [0.2, 0.25) is 10.0 Å². The summed E-state index contributed by atoms with van der Waals surface area (Å²) < 4.78 is 0. The highest BCUT2D eigenvalue weighted by molar-refractivity contribution is 6.42. The third-order valence-corrected chi connectivity index (χ3v) is 5.92. The number of halogens is 2. The van der Waals surface area contributed by atoms with E-state index in [-0.39, 0.29) is 11.8 Å². The average molecular weight is 374 g/mol. The van der Waals surface area contributed by atoms with Crippen molar-refractivity contribution in [3.8, 4) is 6.07 Å². The van der Waals surface area contributed by atoms with Crippen LogP contribution in [0.4, 0.5) is 5.82 Å². The van der Waals surface area contributed by atoms with Gasteiger partial charge in [0.25, 0.3) is 0 Å². The third kappa shape index (κ3) is 2.85. The van der Waals surface area contributed by atoms with Crippen LogP contribution in [0, 0.1) is 23.2 Å². The molecule has 0 bridgehead atoms. The third-order valence-electron chi connectivity index (χ3n) is 5.09. The average Bonchev–Trinajstić information content (AvgIpc) is 3.11. The second kappa shape index (κ2) is 6.80. The lowest BCUT2D eigenvalue weighted by molar-refractivity contribution is 0.443. The number of aromatic nitrogens is 2. The first-order valence-electron chi connectivity index (χ1n) is 8.36. The topological polar surface area (TPSA) is 76.9 Å². The monoisotopic (exact) mass is 373 g/mol. The van der Waals surface area contributed by atoms with Crippen LogP contribution in [0.1, 0.15) is 29.9 Å². The van der Waals surface area contributed by atoms with Gasteiger partial charge in [0.1, 0.15) is 0 Å². The van der Waals surface area contributed by atoms with Crippen LogP contribution in [0.5, 0.6) is 0 Å². The van der Waals surface area contributed by atoms with Crippen molar-refractivity contribution in [2.75, 3.05) is 13.1 Å². The molecule has 0 radical (unpaired) electrons. The summed E-state index contributed by atoms with van der Waals surface area (Å²) in [4.78, 5) is 4.78. The van der Waals surface area contributed by atoms with Gasteiger partial charge in [-0.2, -0.15) is 10.4 Å². The van der Waals surface area contributed by atoms with Crippen molar-refractivity contribution in [3.63, 3.8) is 0 Å². The quantitative estimate of drug-likeness (QED) is 0.832. The van der Waals surface area contributed by atoms with Crippen molar-refractivity contribution >= 4 is 34.7 Å². The fourth-order valence-corrected chi connectivity index (χ4v) is 4.29. The number of nitriles is 1. The fourth-order valence-electron chi connectivity index (χ4n) is 3.87. The Hall–Kier alpha value is -1.87. The van der Waals surface area contributed by atoms with Crippen LogP contribution in [0.3, 0.4) is 0 Å². The van der Waals surface area contributed by atoms with Gasteiger partial charge in [-0.05, 0) is 37.6 Å². The first kappa shape index (κ1) is 16.6. The molecule has 128 valence electrons. The van der Waals surface area contributed by atoms with Crippen LogP contribution in [-0.4, -0.2) is 29.0 Å². The minimum Gasteiger partial charge on any atom is -0.317 e. The Morgan fingerprint density at radius 1 is 1.16 bits per heavy atom. The van der Waals surface area contributed by atoms with Crippen LogP contribution in [0.15, 0.2) is 29.4 Å². The molecule has 2 atom stereocenters. The summed E-state index contributed by atoms with van der Waals surface area (Å²) in [6, 6.07) is 8.05. The molecule has 0 amide bonds. The van der Waals surface area contributed by atoms with Crippen LogP contribution in [0.25, 0.3) is 0 Å². The Bertz CT molecular complexity index is 861. The van der Waals surface area contributed by atoms with Crippen molar-refractivity contribution in [2.24, 2.45) is 16.8 Å². The Balaban J connectivity index is 1.85. The Labute approximate surface area is 156 Å². The van der Waals surface area contributed by atoms with Gasteiger partial charge in [-0.1, -0.05) is 35.3 Å². The molecule has 4 rings (SSSR count). The summed E-state index contributed by atoms with van der Waals surface area (Å²) >= 11 is 12.7. The molecule has 0 aliphatic carbocycles. The summed E-state index contributed by atoms with van der Waals surface area (Å²) in [5.41, 5.74) is 2.68. The maximum absolute atomic E-state index is 9.99. The summed E-state index contributed by atoms with van der Waals surface area (Å²) in [5.74, 6) is 0.431. The largest absolute Gasteiger partial charge is 0.317 e. The molecule has 5 nitrogen and oxygen atoms in total. The molecule has 1 aromatic heterocycles. The smallest absolute Gasteiger partial charge is 0.151 e. The number of hydrogen-bond donors (Lipinski definition) is 2. The van der Waals surface area contributed by atoms with Gasteiger partial charge in [-0.15, -0.1) is 0 Å². The first-order chi connectivity index (χ1) is 12.2. The van der Waals surface area contributed by atoms with E-state index in [9.17, 15) is 5.26 Å². The van der Waals surface area contributed by atoms with E-state index in [1.54, 1.807) is 12.3 Å². The number of aromatic amines is 1. The maximum atomic E-state index is 9.99. The van der Waals surface area contributed by atoms with Gasteiger partial charge in [-0.3, -0.25) is 5.10 Å². The van der Waals surface area contributed by atoms with E-state index in [0.29, 0.717) is 16.0 Å². The van der Waals surface area contributed by atoms with Crippen molar-refractivity contribution < 1.29 is 0 Å². The lowest BCUT2D eigenvalue weighted by Gasteiger charge is -2.33. The van der Waals surface area contributed by atoms with Gasteiger partial charge in [0, 0.05) is 23.1 Å². The molecule has 1 aromatic carbocycles. The molecule has 1 saturated heterocycles. The molecule has 25 heavy (non-hydrogen) atoms. The second-order valence-electron chi connectivity index (χ2n) is 6.46. The molecular weight excluding hydrogens is 357 g/mol. The zero-order valence-corrected chi connectivity index (χ0v) is 15.0. The summed E-state index contributed by atoms with van der Waals surface area (Å²) in [7, 11) is 0. The number of benzene rings is 1. The first-order valence-corrected chi connectivity index (χ1v) is 9.12. The SMILES string of the molecule is N#CC1C(C2CCNCC2)=Nc2[nH]ncc2C1c1cccc(Cl)c1Cl. The highest BCUT2D eigenvalue weighted by Crippen LogP contribution is 2.46. The van der Waals surface area contributed by atoms with Crippen molar-refractivity contribution in [2.45, 2.75) is 18.8 Å². The number of aliphatic imine (C=N–C) groups is 1. The molecule has 2 aliphatic rings. The number of piperidine rings is 1. The van der Waals surface area contributed by atoms with Crippen molar-refractivity contribution in [1.82, 2.24) is 15.5 Å². The number of nitrogens with zero attached hydrogens (tertiary/aromatic N) is 3. The number of hydrogen-bond acceptors (Lipinski definition) is 4. The van der Waals surface area contributed by atoms with E-state index in [1.807, 2.05) is 12.1 Å². The summed E-state index contributed by atoms with van der Waals surface area (Å²) in [6.45, 7) is 1.89. The minimum atomic E-state index is -0.371. The molecule has 1 fully saturated rings. The van der Waals surface area contributed by atoms with Crippen LogP contribution in [-0.2, 0) is 0 Å². The zero-order chi connectivity index (χ0) is 17.4. The molecular formula is C18H17Cl2N5. The predicted octanol–water partition coefficient (Wildman–Crippen LogP) is 4.07. The Kier molecular flexibility index (Phi) is 4.51. The second-order valence-corrected chi connectivity index (χ2v) is 7.25. The molecule has 2 aromatic rings. The van der Waals surface area contributed by atoms with E-state index in [1.165, 1.54) is 0 Å². The number of H-pyrrole nitrogens is 1. The Morgan fingerprint density at radius 2 is 1.96 bits per heavy atom. The van der Waals surface area contributed by atoms with Gasteiger partial charge in [0.15, 0.2) is 5.82 Å². The molecule has 0 saturated carbocycles. The van der Waals surface area contributed by atoms with Crippen LogP contribution >= 0.6 is 23.2 Å². The van der Waals surface area contributed by atoms with E-state index in [0.717, 1.165) is 48.6 Å². The normalized spacial score (nSPS) is 23.6. The maximum Gasteiger partial charge on any atom is 0.151 e. The summed E-state index contributed by atoms with van der Waals surface area (Å²) in [5, 5.41) is 21.5. The van der Waals surface area contributed by atoms with Gasteiger partial charge >= 0.3 is 0 Å². The number of rotatable bonds is 2. The van der Waals surface area contributed by atoms with E-state index in [2.05, 4.69) is 21.6 Å². The van der Waals surface area contributed by atoms with E-state index in [4.69, 9.17) is 28.2 Å². The van der Waals surface area contributed by atoms with Crippen LogP contribution < -0.4 is 5.32 Å². The lowest BCUT2D eigenvalue weighted by atomic mass is 9.73. The minimum absolute atomic E-state index is 0.215. The Morgan fingerprint density at radius 3 is 2.72 bits per heavy atom. The van der Waals surface area contributed by atoms with E-state index < -0.39 is 0 Å². The standard InChI is InChI=1S/C18H17Cl2N5/c19-14-3-1-2-11(16(14)20)15-12(8-21)17(10-4-6-22-7-5-10)24-18-13(15)9-23-25-18/h1-3,9-10,12,15,22H,4-7H2,(H,23,25). The molecule has 7 heteroatoms. The fraction of sp³-hybridized carbons (Fsp3) is 0.389. The highest BCUT2D eigenvalue weighted by Gasteiger charge is 2.40. The predicted molar refractivity (Wildman–Crippen MR) is 98.7 cm³/mol. The molecule has 2 aliphatic heterocycles. The van der Waals surface area contributed by atoms with E-state index >= 15 is 0 Å². The molecule has 0 spiro atoms. The molecule has 3 heterocycles. The van der Waals surface area contributed by atoms with Gasteiger partial charge in [0.2, 0.25) is 0 Å². The van der Waals surface area contributed by atoms with Gasteiger partial charge in [0.05, 0.1) is 28.2 Å². The summed E-state index contributed by atoms with van der Waals surface area (Å²) in [6.07, 6.45) is 3.71. The highest BCUT2D eigenvalue weighted by atomic mass is 35.5. The zero-order valence-electron chi connectivity index (χ0n) is 13.5. The molecule has 2 N–H and O–H groups in total. The van der Waals surface area contributed by atoms with Gasteiger partial charge in [-0.25, -0.2) is 4.99 Å². The van der Waals surface area contributed by atoms with Gasteiger partial charge < -0.3 is 5.32 Å². The van der Waals surface area contributed by atoms with Crippen molar-refractivity contribution in [3.05, 3.63) is 45.6 Å². The lowest BCUT2D eigenvalue weighted by Crippen LogP contribution is -2.37.